The highest BCUT2D eigenvalue weighted by molar-refractivity contribution is 5.25. The molecule has 4 saturated carbocycles. The van der Waals surface area contributed by atoms with Crippen molar-refractivity contribution in [1.82, 2.24) is 0 Å². The van der Waals surface area contributed by atoms with Crippen molar-refractivity contribution in [2.45, 2.75) is 94.9 Å². The predicted octanol–water partition coefficient (Wildman–Crippen LogP) is 0.168. The topological polar surface area (TPSA) is 121 Å². The van der Waals surface area contributed by atoms with Gasteiger partial charge in [0.15, 0.2) is 0 Å². The van der Waals surface area contributed by atoms with Crippen LogP contribution in [0.3, 0.4) is 0 Å². The molecule has 1 spiro atoms. The van der Waals surface area contributed by atoms with Gasteiger partial charge in [-0.25, -0.2) is 0 Å². The molecule has 6 nitrogen and oxygen atoms in total. The summed E-state index contributed by atoms with van der Waals surface area (Å²) in [6.07, 6.45) is -1.01. The van der Waals surface area contributed by atoms with E-state index in [1.54, 1.807) is 27.7 Å². The molecular formula is C20H34O6. The second kappa shape index (κ2) is 5.02. The largest absolute Gasteiger partial charge is 0.392 e. The third kappa shape index (κ3) is 1.89. The van der Waals surface area contributed by atoms with Crippen LogP contribution in [0.25, 0.3) is 0 Å². The molecule has 2 bridgehead atoms. The summed E-state index contributed by atoms with van der Waals surface area (Å²) in [4.78, 5) is 0. The molecule has 6 N–H and O–H groups in total. The molecule has 4 aliphatic carbocycles. The van der Waals surface area contributed by atoms with Crippen molar-refractivity contribution in [3.05, 3.63) is 0 Å². The van der Waals surface area contributed by atoms with E-state index < -0.39 is 51.9 Å². The molecule has 26 heavy (non-hydrogen) atoms. The zero-order chi connectivity index (χ0) is 19.5. The normalized spacial score (nSPS) is 63.9. The van der Waals surface area contributed by atoms with Crippen LogP contribution in [0.4, 0.5) is 0 Å². The van der Waals surface area contributed by atoms with Crippen LogP contribution in [-0.4, -0.2) is 65.8 Å². The maximum atomic E-state index is 11.7. The predicted molar refractivity (Wildman–Crippen MR) is 94.0 cm³/mol. The highest BCUT2D eigenvalue weighted by Crippen LogP contribution is 2.69. The Morgan fingerprint density at radius 1 is 0.808 bits per heavy atom. The van der Waals surface area contributed by atoms with Gasteiger partial charge in [-0.3, -0.25) is 0 Å². The fourth-order valence-corrected chi connectivity index (χ4v) is 7.80. The minimum Gasteiger partial charge on any atom is -0.392 e. The molecule has 4 fully saturated rings. The molecule has 0 saturated heterocycles. The third-order valence-electron chi connectivity index (χ3n) is 9.26. The van der Waals surface area contributed by atoms with Crippen molar-refractivity contribution in [2.75, 3.05) is 0 Å². The van der Waals surface area contributed by atoms with Crippen molar-refractivity contribution in [2.24, 2.45) is 28.6 Å². The van der Waals surface area contributed by atoms with Gasteiger partial charge < -0.3 is 30.6 Å². The molecule has 0 amide bonds. The lowest BCUT2D eigenvalue weighted by Crippen LogP contribution is -2.60. The molecule has 0 heterocycles. The van der Waals surface area contributed by atoms with E-state index in [0.717, 1.165) is 0 Å². The summed E-state index contributed by atoms with van der Waals surface area (Å²) in [5.74, 6) is -1.34. The lowest BCUT2D eigenvalue weighted by molar-refractivity contribution is -0.201. The molecule has 10 atom stereocenters. The average molecular weight is 370 g/mol. The van der Waals surface area contributed by atoms with Gasteiger partial charge in [0, 0.05) is 22.7 Å². The standard InChI is InChI=1S/C20H34O6/c1-16(2)13(21)7-12-18(4,25)11-6-5-10-15(23)19(11,9-17(10,3)24)8-14(22)20(12,16)26/h10-15,21-26H,5-9H2,1-4H3/t10-,11-,12-,13+,14-,15+,17-,18-,19+,20+/m1/s1. The Balaban J connectivity index is 1.89. The van der Waals surface area contributed by atoms with E-state index in [-0.39, 0.29) is 24.7 Å². The van der Waals surface area contributed by atoms with Gasteiger partial charge in [-0.1, -0.05) is 13.8 Å². The number of rotatable bonds is 0. The highest BCUT2D eigenvalue weighted by Gasteiger charge is 2.76. The Bertz CT molecular complexity index is 615. The summed E-state index contributed by atoms with van der Waals surface area (Å²) in [6.45, 7) is 6.87. The maximum absolute atomic E-state index is 11.7. The second-order valence-electron chi connectivity index (χ2n) is 10.7. The average Bonchev–Trinajstić information content (AvgIpc) is 2.72. The van der Waals surface area contributed by atoms with Crippen LogP contribution >= 0.6 is 0 Å². The van der Waals surface area contributed by atoms with E-state index in [1.807, 2.05) is 0 Å². The fraction of sp³-hybridized carbons (Fsp3) is 1.00. The van der Waals surface area contributed by atoms with Crippen molar-refractivity contribution in [3.8, 4) is 0 Å². The van der Waals surface area contributed by atoms with Crippen LogP contribution in [0.1, 0.15) is 59.8 Å². The zero-order valence-electron chi connectivity index (χ0n) is 16.2. The van der Waals surface area contributed by atoms with Gasteiger partial charge in [0.25, 0.3) is 0 Å². The van der Waals surface area contributed by atoms with Crippen molar-refractivity contribution >= 4 is 0 Å². The van der Waals surface area contributed by atoms with Crippen LogP contribution in [0.5, 0.6) is 0 Å². The van der Waals surface area contributed by atoms with E-state index in [9.17, 15) is 30.6 Å². The zero-order valence-corrected chi connectivity index (χ0v) is 16.2. The van der Waals surface area contributed by atoms with Crippen LogP contribution < -0.4 is 0 Å². The van der Waals surface area contributed by atoms with Crippen LogP contribution in [-0.2, 0) is 0 Å². The molecule has 0 aromatic heterocycles. The second-order valence-corrected chi connectivity index (χ2v) is 10.7. The van der Waals surface area contributed by atoms with E-state index in [4.69, 9.17) is 0 Å². The smallest absolute Gasteiger partial charge is 0.104 e. The molecule has 0 unspecified atom stereocenters. The van der Waals surface area contributed by atoms with Crippen molar-refractivity contribution in [3.63, 3.8) is 0 Å². The lowest BCUT2D eigenvalue weighted by Gasteiger charge is -2.51. The van der Waals surface area contributed by atoms with Crippen molar-refractivity contribution in [1.29, 1.82) is 0 Å². The molecule has 150 valence electrons. The van der Waals surface area contributed by atoms with Crippen LogP contribution in [0.2, 0.25) is 0 Å². The number of hydrogen-bond acceptors (Lipinski definition) is 6. The van der Waals surface area contributed by atoms with Gasteiger partial charge in [-0.15, -0.1) is 0 Å². The first-order valence-electron chi connectivity index (χ1n) is 9.94. The minimum absolute atomic E-state index is 0.116. The molecular weight excluding hydrogens is 336 g/mol. The van der Waals surface area contributed by atoms with Crippen molar-refractivity contribution < 1.29 is 30.6 Å². The number of fused-ring (bicyclic) bond motifs is 2. The summed E-state index contributed by atoms with van der Waals surface area (Å²) in [5, 5.41) is 67.1. The first kappa shape index (κ1) is 19.1. The van der Waals surface area contributed by atoms with Gasteiger partial charge in [0.05, 0.1) is 29.5 Å². The molecule has 4 aliphatic rings. The summed E-state index contributed by atoms with van der Waals surface area (Å²) >= 11 is 0. The summed E-state index contributed by atoms with van der Waals surface area (Å²) in [5.41, 5.74) is -5.91. The monoisotopic (exact) mass is 370 g/mol. The SMILES string of the molecule is CC1(C)[C@@H](O)C[C@@H]2[C@](C)(O)[C@H]3CC[C@@H]4[C@H](O)[C@@]3(C[C@@H](O)[C@@]21O)C[C@@]4(C)O. The lowest BCUT2D eigenvalue weighted by atomic mass is 9.57. The number of hydrogen-bond donors (Lipinski definition) is 6. The van der Waals surface area contributed by atoms with E-state index in [0.29, 0.717) is 19.3 Å². The van der Waals surface area contributed by atoms with E-state index in [2.05, 4.69) is 0 Å². The molecule has 4 rings (SSSR count). The molecule has 0 aromatic rings. The molecule has 0 radical (unpaired) electrons. The Labute approximate surface area is 154 Å². The third-order valence-corrected chi connectivity index (χ3v) is 9.26. The summed E-state index contributed by atoms with van der Waals surface area (Å²) < 4.78 is 0. The Morgan fingerprint density at radius 3 is 2.04 bits per heavy atom. The fourth-order valence-electron chi connectivity index (χ4n) is 7.80. The molecule has 0 aliphatic heterocycles. The summed E-state index contributed by atoms with van der Waals surface area (Å²) in [7, 11) is 0. The minimum atomic E-state index is -1.66. The van der Waals surface area contributed by atoms with Gasteiger partial charge in [-0.05, 0) is 51.9 Å². The Hall–Kier alpha value is -0.240. The number of aliphatic hydroxyl groups excluding tert-OH is 3. The van der Waals surface area contributed by atoms with Crippen LogP contribution in [0.15, 0.2) is 0 Å². The first-order valence-corrected chi connectivity index (χ1v) is 9.94. The number of aliphatic hydroxyl groups is 6. The Kier molecular flexibility index (Phi) is 3.69. The van der Waals surface area contributed by atoms with Gasteiger partial charge >= 0.3 is 0 Å². The van der Waals surface area contributed by atoms with Gasteiger partial charge in [0.2, 0.25) is 0 Å². The van der Waals surface area contributed by atoms with Gasteiger partial charge in [0.1, 0.15) is 5.60 Å². The maximum Gasteiger partial charge on any atom is 0.104 e. The summed E-state index contributed by atoms with van der Waals surface area (Å²) in [6, 6.07) is 0. The Morgan fingerprint density at radius 2 is 1.42 bits per heavy atom. The van der Waals surface area contributed by atoms with Gasteiger partial charge in [-0.2, -0.15) is 0 Å². The van der Waals surface area contributed by atoms with E-state index in [1.165, 1.54) is 0 Å². The van der Waals surface area contributed by atoms with Crippen LogP contribution in [0, 0.1) is 28.6 Å². The highest BCUT2D eigenvalue weighted by atomic mass is 16.4. The first-order chi connectivity index (χ1) is 11.7. The molecule has 0 aromatic carbocycles. The molecule has 6 heteroatoms. The van der Waals surface area contributed by atoms with E-state index >= 15 is 0 Å². The quantitative estimate of drug-likeness (QED) is 0.361.